The van der Waals surface area contributed by atoms with Gasteiger partial charge in [0.2, 0.25) is 0 Å². The number of amides is 1. The van der Waals surface area contributed by atoms with Gasteiger partial charge in [0.15, 0.2) is 0 Å². The standard InChI is InChI=1S/C28H27N3O2/c1-17-13-14-18(2)24(15-17)26-22-10-6-7-11-23(22)28(33)31(29-26)20(4)27(32)30-19(3)16-21-9-5-8-12-25(21)30/h5-15,19-20H,16H2,1-4H3/t19-,20+/m1/s1. The molecule has 4 aromatic rings. The highest BCUT2D eigenvalue weighted by atomic mass is 16.2. The summed E-state index contributed by atoms with van der Waals surface area (Å²) in [4.78, 5) is 29.0. The van der Waals surface area contributed by atoms with Crippen LogP contribution in [0.25, 0.3) is 22.0 Å². The third-order valence-corrected chi connectivity index (χ3v) is 6.65. The van der Waals surface area contributed by atoms with Gasteiger partial charge in [0, 0.05) is 22.7 Å². The lowest BCUT2D eigenvalue weighted by molar-refractivity contribution is -0.121. The molecule has 166 valence electrons. The number of aryl methyl sites for hydroxylation is 2. The first-order valence-corrected chi connectivity index (χ1v) is 11.4. The smallest absolute Gasteiger partial charge is 0.275 e. The van der Waals surface area contributed by atoms with Crippen molar-refractivity contribution in [2.24, 2.45) is 0 Å². The van der Waals surface area contributed by atoms with Gasteiger partial charge in [-0.25, -0.2) is 4.68 Å². The summed E-state index contributed by atoms with van der Waals surface area (Å²) in [6, 6.07) is 21.0. The fraction of sp³-hybridized carbons (Fsp3) is 0.250. The molecule has 1 amide bonds. The zero-order valence-electron chi connectivity index (χ0n) is 19.4. The van der Waals surface area contributed by atoms with E-state index in [1.54, 1.807) is 6.92 Å². The quantitative estimate of drug-likeness (QED) is 0.442. The van der Waals surface area contributed by atoms with Crippen LogP contribution in [0.2, 0.25) is 0 Å². The van der Waals surface area contributed by atoms with Crippen molar-refractivity contribution in [3.63, 3.8) is 0 Å². The minimum absolute atomic E-state index is 0.0343. The summed E-state index contributed by atoms with van der Waals surface area (Å²) in [5.41, 5.74) is 5.71. The van der Waals surface area contributed by atoms with Gasteiger partial charge in [0.25, 0.3) is 11.5 Å². The van der Waals surface area contributed by atoms with Crippen LogP contribution in [0.1, 0.15) is 36.6 Å². The fourth-order valence-electron chi connectivity index (χ4n) is 4.87. The van der Waals surface area contributed by atoms with Crippen molar-refractivity contribution in [2.75, 3.05) is 4.90 Å². The van der Waals surface area contributed by atoms with Crippen LogP contribution < -0.4 is 10.5 Å². The number of anilines is 1. The molecular formula is C28H27N3O2. The molecule has 3 aromatic carbocycles. The first-order valence-electron chi connectivity index (χ1n) is 11.4. The van der Waals surface area contributed by atoms with E-state index >= 15 is 0 Å². The predicted molar refractivity (Wildman–Crippen MR) is 133 cm³/mol. The van der Waals surface area contributed by atoms with Crippen molar-refractivity contribution in [1.29, 1.82) is 0 Å². The Bertz CT molecular complexity index is 1450. The molecule has 5 nitrogen and oxygen atoms in total. The summed E-state index contributed by atoms with van der Waals surface area (Å²) in [6.45, 7) is 7.90. The molecule has 0 spiro atoms. The van der Waals surface area contributed by atoms with Gasteiger partial charge in [-0.1, -0.05) is 54.1 Å². The molecule has 0 N–H and O–H groups in total. The second kappa shape index (κ2) is 8.00. The molecule has 33 heavy (non-hydrogen) atoms. The van der Waals surface area contributed by atoms with E-state index in [0.717, 1.165) is 45.4 Å². The molecule has 0 fully saturated rings. The third kappa shape index (κ3) is 3.44. The Labute approximate surface area is 193 Å². The topological polar surface area (TPSA) is 55.2 Å². The highest BCUT2D eigenvalue weighted by Gasteiger charge is 2.34. The van der Waals surface area contributed by atoms with Gasteiger partial charge in [-0.15, -0.1) is 0 Å². The molecular weight excluding hydrogens is 410 g/mol. The SMILES string of the molecule is Cc1ccc(C)c(-c2nn([C@@H](C)C(=O)N3c4ccccc4C[C@H]3C)c(=O)c3ccccc23)c1. The Morgan fingerprint density at radius 1 is 1.00 bits per heavy atom. The van der Waals surface area contributed by atoms with E-state index < -0.39 is 6.04 Å². The number of rotatable bonds is 3. The van der Waals surface area contributed by atoms with Crippen molar-refractivity contribution in [3.8, 4) is 11.3 Å². The highest BCUT2D eigenvalue weighted by molar-refractivity contribution is 5.99. The maximum atomic E-state index is 13.7. The van der Waals surface area contributed by atoms with Gasteiger partial charge in [-0.05, 0) is 63.4 Å². The second-order valence-electron chi connectivity index (χ2n) is 9.03. The lowest BCUT2D eigenvalue weighted by Gasteiger charge is -2.27. The van der Waals surface area contributed by atoms with E-state index in [2.05, 4.69) is 24.3 Å². The summed E-state index contributed by atoms with van der Waals surface area (Å²) < 4.78 is 1.37. The van der Waals surface area contributed by atoms with Gasteiger partial charge < -0.3 is 4.90 Å². The summed E-state index contributed by atoms with van der Waals surface area (Å²) >= 11 is 0. The van der Waals surface area contributed by atoms with Crippen molar-refractivity contribution >= 4 is 22.4 Å². The van der Waals surface area contributed by atoms with Gasteiger partial charge >= 0.3 is 0 Å². The predicted octanol–water partition coefficient (Wildman–Crippen LogP) is 5.22. The van der Waals surface area contributed by atoms with E-state index in [0.29, 0.717) is 5.39 Å². The molecule has 0 saturated carbocycles. The number of para-hydroxylation sites is 1. The van der Waals surface area contributed by atoms with Crippen molar-refractivity contribution in [1.82, 2.24) is 9.78 Å². The number of aromatic nitrogens is 2. The first kappa shape index (κ1) is 21.1. The van der Waals surface area contributed by atoms with Crippen LogP contribution in [0, 0.1) is 13.8 Å². The zero-order chi connectivity index (χ0) is 23.3. The van der Waals surface area contributed by atoms with Crippen molar-refractivity contribution in [2.45, 2.75) is 46.2 Å². The summed E-state index contributed by atoms with van der Waals surface area (Å²) in [7, 11) is 0. The van der Waals surface area contributed by atoms with Crippen LogP contribution >= 0.6 is 0 Å². The van der Waals surface area contributed by atoms with E-state index in [4.69, 9.17) is 5.10 Å². The van der Waals surface area contributed by atoms with Crippen LogP contribution in [0.5, 0.6) is 0 Å². The molecule has 1 aliphatic heterocycles. The Morgan fingerprint density at radius 3 is 2.48 bits per heavy atom. The maximum absolute atomic E-state index is 13.7. The molecule has 0 saturated heterocycles. The van der Waals surface area contributed by atoms with E-state index in [-0.39, 0.29) is 17.5 Å². The van der Waals surface area contributed by atoms with Gasteiger partial charge in [-0.2, -0.15) is 5.10 Å². The monoisotopic (exact) mass is 437 g/mol. The number of carbonyl (C=O) groups is 1. The summed E-state index contributed by atoms with van der Waals surface area (Å²) in [5.74, 6) is -0.121. The normalized spacial score (nSPS) is 16.1. The number of fused-ring (bicyclic) bond motifs is 2. The number of carbonyl (C=O) groups excluding carboxylic acids is 1. The fourth-order valence-corrected chi connectivity index (χ4v) is 4.87. The summed E-state index contributed by atoms with van der Waals surface area (Å²) in [5, 5.41) is 6.17. The van der Waals surface area contributed by atoms with Crippen LogP contribution in [0.4, 0.5) is 5.69 Å². The molecule has 5 rings (SSSR count). The second-order valence-corrected chi connectivity index (χ2v) is 9.03. The highest BCUT2D eigenvalue weighted by Crippen LogP contribution is 2.34. The average molecular weight is 438 g/mol. The molecule has 0 bridgehead atoms. The van der Waals surface area contributed by atoms with Gasteiger partial charge in [0.05, 0.1) is 11.1 Å². The first-order chi connectivity index (χ1) is 15.9. The van der Waals surface area contributed by atoms with Crippen molar-refractivity contribution in [3.05, 3.63) is 93.8 Å². The summed E-state index contributed by atoms with van der Waals surface area (Å²) in [6.07, 6.45) is 0.808. The van der Waals surface area contributed by atoms with E-state index in [1.807, 2.05) is 68.1 Å². The third-order valence-electron chi connectivity index (χ3n) is 6.65. The molecule has 2 atom stereocenters. The lowest BCUT2D eigenvalue weighted by Crippen LogP contribution is -2.43. The Morgan fingerprint density at radius 2 is 1.70 bits per heavy atom. The molecule has 0 unspecified atom stereocenters. The maximum Gasteiger partial charge on any atom is 0.275 e. The van der Waals surface area contributed by atoms with Crippen molar-refractivity contribution < 1.29 is 4.79 Å². The number of hydrogen-bond acceptors (Lipinski definition) is 3. The Hall–Kier alpha value is -3.73. The minimum Gasteiger partial charge on any atom is -0.307 e. The zero-order valence-corrected chi connectivity index (χ0v) is 19.4. The molecule has 5 heteroatoms. The minimum atomic E-state index is -0.737. The van der Waals surface area contributed by atoms with Gasteiger partial charge in [0.1, 0.15) is 6.04 Å². The van der Waals surface area contributed by atoms with Crippen LogP contribution in [-0.2, 0) is 11.2 Å². The van der Waals surface area contributed by atoms with E-state index in [9.17, 15) is 9.59 Å². The van der Waals surface area contributed by atoms with Gasteiger partial charge in [-0.3, -0.25) is 9.59 Å². The van der Waals surface area contributed by atoms with Crippen LogP contribution in [0.15, 0.2) is 71.5 Å². The molecule has 1 aliphatic rings. The Balaban J connectivity index is 1.67. The lowest BCUT2D eigenvalue weighted by atomic mass is 9.99. The largest absolute Gasteiger partial charge is 0.307 e. The Kier molecular flexibility index (Phi) is 5.12. The molecule has 1 aromatic heterocycles. The molecule has 0 radical (unpaired) electrons. The molecule has 0 aliphatic carbocycles. The number of nitrogens with zero attached hydrogens (tertiary/aromatic N) is 3. The number of benzene rings is 3. The van der Waals surface area contributed by atoms with E-state index in [1.165, 1.54) is 4.68 Å². The number of hydrogen-bond donors (Lipinski definition) is 0. The molecule has 2 heterocycles. The van der Waals surface area contributed by atoms with Crippen LogP contribution in [0.3, 0.4) is 0 Å². The average Bonchev–Trinajstić information content (AvgIpc) is 3.16. The van der Waals surface area contributed by atoms with Crippen LogP contribution in [-0.4, -0.2) is 21.7 Å².